The monoisotopic (exact) mass is 242 g/mol. The number of benzene rings is 1. The van der Waals surface area contributed by atoms with E-state index < -0.39 is 6.61 Å². The van der Waals surface area contributed by atoms with Crippen LogP contribution in [0.5, 0.6) is 5.75 Å². The van der Waals surface area contributed by atoms with E-state index in [4.69, 9.17) is 5.73 Å². The van der Waals surface area contributed by atoms with Crippen molar-refractivity contribution >= 4 is 11.6 Å². The number of nitrogen functional groups attached to an aromatic ring is 1. The lowest BCUT2D eigenvalue weighted by Gasteiger charge is -2.09. The summed E-state index contributed by atoms with van der Waals surface area (Å²) in [4.78, 5) is 11.6. The van der Waals surface area contributed by atoms with Crippen LogP contribution in [0.3, 0.4) is 0 Å². The molecule has 0 bridgehead atoms. The van der Waals surface area contributed by atoms with Gasteiger partial charge in [0.05, 0.1) is 5.69 Å². The fraction of sp³-hybridized carbons (Fsp3) is 0.364. The van der Waals surface area contributed by atoms with E-state index in [0.29, 0.717) is 0 Å². The minimum Gasteiger partial charge on any atom is -0.433 e. The van der Waals surface area contributed by atoms with Crippen molar-refractivity contribution in [3.8, 4) is 5.75 Å². The molecule has 17 heavy (non-hydrogen) atoms. The molecule has 1 aromatic rings. The number of nitrogens with one attached hydrogen (secondary N) is 1. The fourth-order valence-corrected chi connectivity index (χ4v) is 1.37. The molecular formula is C11H12F2N2O2. The van der Waals surface area contributed by atoms with Crippen LogP contribution in [0.15, 0.2) is 18.2 Å². The van der Waals surface area contributed by atoms with Crippen molar-refractivity contribution in [1.29, 1.82) is 0 Å². The molecule has 1 aromatic carbocycles. The Kier molecular flexibility index (Phi) is 3.12. The van der Waals surface area contributed by atoms with Gasteiger partial charge in [-0.1, -0.05) is 0 Å². The predicted octanol–water partition coefficient (Wildman–Crippen LogP) is 1.76. The van der Waals surface area contributed by atoms with Gasteiger partial charge in [0.25, 0.3) is 5.91 Å². The number of alkyl halides is 2. The highest BCUT2D eigenvalue weighted by Crippen LogP contribution is 2.25. The molecule has 1 aliphatic rings. The molecular weight excluding hydrogens is 230 g/mol. The average Bonchev–Trinajstić information content (AvgIpc) is 3.04. The number of anilines is 1. The molecule has 1 saturated carbocycles. The van der Waals surface area contributed by atoms with E-state index >= 15 is 0 Å². The van der Waals surface area contributed by atoms with Gasteiger partial charge in [0.15, 0.2) is 0 Å². The average molecular weight is 242 g/mol. The van der Waals surface area contributed by atoms with E-state index in [1.807, 2.05) is 0 Å². The van der Waals surface area contributed by atoms with Crippen LogP contribution in [-0.4, -0.2) is 18.6 Å². The molecule has 0 heterocycles. The summed E-state index contributed by atoms with van der Waals surface area (Å²) < 4.78 is 28.4. The molecule has 0 aromatic heterocycles. The van der Waals surface area contributed by atoms with Crippen LogP contribution in [0.4, 0.5) is 14.5 Å². The molecule has 0 spiro atoms. The van der Waals surface area contributed by atoms with Crippen LogP contribution in [0.25, 0.3) is 0 Å². The Morgan fingerprint density at radius 1 is 1.47 bits per heavy atom. The lowest BCUT2D eigenvalue weighted by Crippen LogP contribution is -2.25. The normalized spacial score (nSPS) is 14.8. The van der Waals surface area contributed by atoms with Gasteiger partial charge in [0, 0.05) is 11.6 Å². The highest BCUT2D eigenvalue weighted by Gasteiger charge is 2.24. The van der Waals surface area contributed by atoms with Crippen molar-refractivity contribution in [2.45, 2.75) is 25.5 Å². The number of hydrogen-bond donors (Lipinski definition) is 2. The number of nitrogens with two attached hydrogens (primary N) is 1. The molecule has 1 fully saturated rings. The zero-order chi connectivity index (χ0) is 12.4. The molecule has 92 valence electrons. The van der Waals surface area contributed by atoms with E-state index in [1.54, 1.807) is 0 Å². The van der Waals surface area contributed by atoms with Crippen molar-refractivity contribution in [2.24, 2.45) is 0 Å². The van der Waals surface area contributed by atoms with Gasteiger partial charge in [-0.25, -0.2) is 0 Å². The summed E-state index contributed by atoms with van der Waals surface area (Å²) in [6, 6.07) is 4.28. The van der Waals surface area contributed by atoms with Gasteiger partial charge in [-0.2, -0.15) is 8.78 Å². The topological polar surface area (TPSA) is 64.4 Å². The molecule has 1 amide bonds. The molecule has 6 heteroatoms. The highest BCUT2D eigenvalue weighted by molar-refractivity contribution is 5.95. The number of amides is 1. The fourth-order valence-electron chi connectivity index (χ4n) is 1.37. The molecule has 0 unspecified atom stereocenters. The highest BCUT2D eigenvalue weighted by atomic mass is 19.3. The Labute approximate surface area is 96.7 Å². The molecule has 0 atom stereocenters. The second-order valence-corrected chi connectivity index (χ2v) is 3.88. The predicted molar refractivity (Wildman–Crippen MR) is 58.0 cm³/mol. The quantitative estimate of drug-likeness (QED) is 0.791. The Bertz CT molecular complexity index is 433. The third-order valence-corrected chi connectivity index (χ3v) is 2.40. The number of rotatable bonds is 4. The second kappa shape index (κ2) is 4.57. The van der Waals surface area contributed by atoms with Gasteiger partial charge >= 0.3 is 6.61 Å². The number of hydrogen-bond acceptors (Lipinski definition) is 3. The molecule has 0 radical (unpaired) electrons. The molecule has 2 rings (SSSR count). The first-order valence-corrected chi connectivity index (χ1v) is 5.21. The van der Waals surface area contributed by atoms with E-state index in [9.17, 15) is 13.6 Å². The van der Waals surface area contributed by atoms with E-state index in [-0.39, 0.29) is 28.9 Å². The third-order valence-electron chi connectivity index (χ3n) is 2.40. The molecule has 4 nitrogen and oxygen atoms in total. The van der Waals surface area contributed by atoms with Gasteiger partial charge < -0.3 is 15.8 Å². The Balaban J connectivity index is 2.13. The Hall–Kier alpha value is -1.85. The van der Waals surface area contributed by atoms with Crippen LogP contribution in [0.2, 0.25) is 0 Å². The summed E-state index contributed by atoms with van der Waals surface area (Å²) in [6.45, 7) is -2.96. The minimum absolute atomic E-state index is 0.0771. The van der Waals surface area contributed by atoms with Gasteiger partial charge in [-0.05, 0) is 31.0 Å². The lowest BCUT2D eigenvalue weighted by atomic mass is 10.2. The molecule has 0 aliphatic heterocycles. The van der Waals surface area contributed by atoms with Crippen molar-refractivity contribution in [2.75, 3.05) is 5.73 Å². The van der Waals surface area contributed by atoms with E-state index in [2.05, 4.69) is 10.1 Å². The van der Waals surface area contributed by atoms with Crippen molar-refractivity contribution in [3.05, 3.63) is 23.8 Å². The van der Waals surface area contributed by atoms with Crippen molar-refractivity contribution < 1.29 is 18.3 Å². The number of carbonyl (C=O) groups excluding carboxylic acids is 1. The summed E-state index contributed by atoms with van der Waals surface area (Å²) >= 11 is 0. The third kappa shape index (κ3) is 3.05. The van der Waals surface area contributed by atoms with Crippen LogP contribution < -0.4 is 15.8 Å². The summed E-state index contributed by atoms with van der Waals surface area (Å²) in [6.07, 6.45) is 1.92. The van der Waals surface area contributed by atoms with Crippen LogP contribution >= 0.6 is 0 Å². The number of halogens is 2. The smallest absolute Gasteiger partial charge is 0.387 e. The first-order chi connectivity index (χ1) is 8.06. The van der Waals surface area contributed by atoms with Crippen molar-refractivity contribution in [3.63, 3.8) is 0 Å². The van der Waals surface area contributed by atoms with Gasteiger partial charge in [-0.15, -0.1) is 0 Å². The largest absolute Gasteiger partial charge is 0.433 e. The molecule has 1 aliphatic carbocycles. The van der Waals surface area contributed by atoms with Crippen LogP contribution in [0, 0.1) is 0 Å². The van der Waals surface area contributed by atoms with Crippen molar-refractivity contribution in [1.82, 2.24) is 5.32 Å². The van der Waals surface area contributed by atoms with Gasteiger partial charge in [0.1, 0.15) is 5.75 Å². The zero-order valence-corrected chi connectivity index (χ0v) is 8.95. The minimum atomic E-state index is -2.96. The Morgan fingerprint density at radius 3 is 2.76 bits per heavy atom. The number of carbonyl (C=O) groups is 1. The summed E-state index contributed by atoms with van der Waals surface area (Å²) in [5.74, 6) is -0.477. The lowest BCUT2D eigenvalue weighted by molar-refractivity contribution is -0.0493. The Morgan fingerprint density at radius 2 is 2.18 bits per heavy atom. The van der Waals surface area contributed by atoms with E-state index in [1.165, 1.54) is 18.2 Å². The summed E-state index contributed by atoms with van der Waals surface area (Å²) in [5, 5.41) is 2.75. The maximum Gasteiger partial charge on any atom is 0.387 e. The SMILES string of the molecule is Nc1ccc(C(=O)NC2CC2)cc1OC(F)F. The van der Waals surface area contributed by atoms with Gasteiger partial charge in [-0.3, -0.25) is 4.79 Å². The summed E-state index contributed by atoms with van der Waals surface area (Å²) in [5.41, 5.74) is 5.80. The maximum atomic E-state index is 12.1. The zero-order valence-electron chi connectivity index (χ0n) is 8.95. The number of ether oxygens (including phenoxy) is 1. The molecule has 3 N–H and O–H groups in total. The first-order valence-electron chi connectivity index (χ1n) is 5.21. The second-order valence-electron chi connectivity index (χ2n) is 3.88. The van der Waals surface area contributed by atoms with Crippen LogP contribution in [-0.2, 0) is 0 Å². The van der Waals surface area contributed by atoms with Crippen LogP contribution in [0.1, 0.15) is 23.2 Å². The molecule has 0 saturated heterocycles. The van der Waals surface area contributed by atoms with Gasteiger partial charge in [0.2, 0.25) is 0 Å². The standard InChI is InChI=1S/C11H12F2N2O2/c12-11(13)17-9-5-6(1-4-8(9)14)10(16)15-7-2-3-7/h1,4-5,7,11H,2-3,14H2,(H,15,16). The summed E-state index contributed by atoms with van der Waals surface area (Å²) in [7, 11) is 0. The first kappa shape index (κ1) is 11.6. The maximum absolute atomic E-state index is 12.1. The van der Waals surface area contributed by atoms with E-state index in [0.717, 1.165) is 12.8 Å².